The van der Waals surface area contributed by atoms with Crippen LogP contribution in [-0.4, -0.2) is 31.1 Å². The molecule has 1 saturated heterocycles. The molecule has 20 heavy (non-hydrogen) atoms. The van der Waals surface area contributed by atoms with E-state index in [1.165, 1.54) is 30.5 Å². The summed E-state index contributed by atoms with van der Waals surface area (Å²) < 4.78 is 5.18. The Morgan fingerprint density at radius 2 is 2.00 bits per heavy atom. The molecule has 2 atom stereocenters. The summed E-state index contributed by atoms with van der Waals surface area (Å²) in [5.41, 5.74) is 8.65. The highest BCUT2D eigenvalue weighted by molar-refractivity contribution is 5.26. The van der Waals surface area contributed by atoms with Gasteiger partial charge in [-0.25, -0.2) is 0 Å². The highest BCUT2D eigenvalue weighted by Crippen LogP contribution is 2.36. The zero-order valence-corrected chi connectivity index (χ0v) is 13.0. The maximum Gasteiger partial charge on any atom is 0.0713 e. The van der Waals surface area contributed by atoms with Crippen molar-refractivity contribution in [2.45, 2.75) is 45.4 Å². The highest BCUT2D eigenvalue weighted by Gasteiger charge is 2.32. The van der Waals surface area contributed by atoms with E-state index in [0.29, 0.717) is 24.6 Å². The average molecular weight is 276 g/mol. The lowest BCUT2D eigenvalue weighted by Gasteiger charge is -2.43. The molecular weight excluding hydrogens is 248 g/mol. The van der Waals surface area contributed by atoms with Gasteiger partial charge in [-0.15, -0.1) is 0 Å². The van der Waals surface area contributed by atoms with E-state index in [2.05, 4.69) is 43.0 Å². The van der Waals surface area contributed by atoms with Gasteiger partial charge in [-0.1, -0.05) is 24.3 Å². The van der Waals surface area contributed by atoms with Gasteiger partial charge in [0.05, 0.1) is 6.61 Å². The molecule has 1 fully saturated rings. The lowest BCUT2D eigenvalue weighted by atomic mass is 9.83. The Morgan fingerprint density at radius 1 is 1.30 bits per heavy atom. The van der Waals surface area contributed by atoms with Crippen LogP contribution in [0.2, 0.25) is 0 Å². The molecule has 2 N–H and O–H groups in total. The van der Waals surface area contributed by atoms with Crippen molar-refractivity contribution in [1.82, 2.24) is 4.90 Å². The van der Waals surface area contributed by atoms with Crippen molar-refractivity contribution in [3.05, 3.63) is 35.4 Å². The van der Waals surface area contributed by atoms with E-state index in [0.717, 1.165) is 6.54 Å². The fourth-order valence-electron chi connectivity index (χ4n) is 3.37. The predicted molar refractivity (Wildman–Crippen MR) is 83.5 cm³/mol. The Kier molecular flexibility index (Phi) is 5.58. The van der Waals surface area contributed by atoms with E-state index >= 15 is 0 Å². The summed E-state index contributed by atoms with van der Waals surface area (Å²) in [6, 6.07) is 9.89. The van der Waals surface area contributed by atoms with Gasteiger partial charge in [0.2, 0.25) is 0 Å². The zero-order valence-electron chi connectivity index (χ0n) is 13.0. The van der Waals surface area contributed by atoms with Crippen LogP contribution in [0, 0.1) is 5.92 Å². The van der Waals surface area contributed by atoms with Crippen LogP contribution in [0.1, 0.15) is 43.9 Å². The van der Waals surface area contributed by atoms with Crippen molar-refractivity contribution in [2.24, 2.45) is 11.7 Å². The van der Waals surface area contributed by atoms with Gasteiger partial charge in [0.1, 0.15) is 0 Å². The largest absolute Gasteiger partial charge is 0.380 e. The number of ether oxygens (including phenoxy) is 1. The molecular formula is C17H28N2O. The Labute approximate surface area is 123 Å². The van der Waals surface area contributed by atoms with Gasteiger partial charge in [-0.2, -0.15) is 0 Å². The summed E-state index contributed by atoms with van der Waals surface area (Å²) in [5, 5.41) is 0. The zero-order chi connectivity index (χ0) is 14.5. The number of nitrogens with two attached hydrogens (primary N) is 1. The third-order valence-corrected chi connectivity index (χ3v) is 4.39. The number of likely N-dealkylation sites (tertiary alicyclic amines) is 1. The Hall–Kier alpha value is -0.900. The van der Waals surface area contributed by atoms with Crippen LogP contribution in [0.25, 0.3) is 0 Å². The first-order valence-corrected chi connectivity index (χ1v) is 7.71. The third kappa shape index (κ3) is 3.40. The summed E-state index contributed by atoms with van der Waals surface area (Å²) in [6.07, 6.45) is 2.50. The standard InChI is InChI=1S/C17H28N2O/c1-13(2)19-10-4-5-16(11-18)17(19)15-8-6-14(7-9-15)12-20-3/h6-9,13,16-17H,4-5,10-12,18H2,1-3H3. The van der Waals surface area contributed by atoms with Crippen molar-refractivity contribution in [3.63, 3.8) is 0 Å². The van der Waals surface area contributed by atoms with Gasteiger partial charge >= 0.3 is 0 Å². The molecule has 1 aliphatic rings. The smallest absolute Gasteiger partial charge is 0.0713 e. The maximum atomic E-state index is 6.02. The van der Waals surface area contributed by atoms with E-state index in [-0.39, 0.29) is 0 Å². The Balaban J connectivity index is 2.23. The van der Waals surface area contributed by atoms with Crippen molar-refractivity contribution in [2.75, 3.05) is 20.2 Å². The van der Waals surface area contributed by atoms with Crippen LogP contribution >= 0.6 is 0 Å². The number of methoxy groups -OCH3 is 1. The number of benzene rings is 1. The number of hydrogen-bond donors (Lipinski definition) is 1. The monoisotopic (exact) mass is 276 g/mol. The molecule has 0 spiro atoms. The van der Waals surface area contributed by atoms with Crippen molar-refractivity contribution >= 4 is 0 Å². The van der Waals surface area contributed by atoms with Gasteiger partial charge in [0.15, 0.2) is 0 Å². The van der Waals surface area contributed by atoms with Crippen molar-refractivity contribution in [3.8, 4) is 0 Å². The SMILES string of the molecule is COCc1ccc(C2C(CN)CCCN2C(C)C)cc1. The summed E-state index contributed by atoms with van der Waals surface area (Å²) in [6.45, 7) is 7.20. The lowest BCUT2D eigenvalue weighted by molar-refractivity contribution is 0.0665. The van der Waals surface area contributed by atoms with E-state index in [9.17, 15) is 0 Å². The first-order chi connectivity index (χ1) is 9.67. The van der Waals surface area contributed by atoms with E-state index in [4.69, 9.17) is 10.5 Å². The van der Waals surface area contributed by atoms with Gasteiger partial charge in [-0.3, -0.25) is 4.90 Å². The summed E-state index contributed by atoms with van der Waals surface area (Å²) in [5.74, 6) is 0.569. The van der Waals surface area contributed by atoms with Crippen LogP contribution in [0.3, 0.4) is 0 Å². The van der Waals surface area contributed by atoms with Gasteiger partial charge in [-0.05, 0) is 56.8 Å². The van der Waals surface area contributed by atoms with E-state index in [1.807, 2.05) is 0 Å². The first-order valence-electron chi connectivity index (χ1n) is 7.71. The summed E-state index contributed by atoms with van der Waals surface area (Å²) in [4.78, 5) is 2.60. The molecule has 2 rings (SSSR count). The Bertz CT molecular complexity index is 402. The van der Waals surface area contributed by atoms with Crippen molar-refractivity contribution in [1.29, 1.82) is 0 Å². The molecule has 2 unspecified atom stereocenters. The molecule has 1 aromatic carbocycles. The first kappa shape index (κ1) is 15.5. The average Bonchev–Trinajstić information content (AvgIpc) is 2.47. The molecule has 0 saturated carbocycles. The Morgan fingerprint density at radius 3 is 2.55 bits per heavy atom. The molecule has 0 aliphatic carbocycles. The summed E-state index contributed by atoms with van der Waals surface area (Å²) >= 11 is 0. The van der Waals surface area contributed by atoms with Gasteiger partial charge < -0.3 is 10.5 Å². The van der Waals surface area contributed by atoms with Crippen LogP contribution in [0.5, 0.6) is 0 Å². The van der Waals surface area contributed by atoms with Gasteiger partial charge in [0, 0.05) is 19.2 Å². The fraction of sp³-hybridized carbons (Fsp3) is 0.647. The van der Waals surface area contributed by atoms with Crippen LogP contribution in [0.15, 0.2) is 24.3 Å². The quantitative estimate of drug-likeness (QED) is 0.898. The van der Waals surface area contributed by atoms with Crippen molar-refractivity contribution < 1.29 is 4.74 Å². The topological polar surface area (TPSA) is 38.5 Å². The molecule has 0 bridgehead atoms. The van der Waals surface area contributed by atoms with Crippen LogP contribution < -0.4 is 5.73 Å². The van der Waals surface area contributed by atoms with E-state index < -0.39 is 0 Å². The van der Waals surface area contributed by atoms with Crippen LogP contribution in [0.4, 0.5) is 0 Å². The number of rotatable bonds is 5. The molecule has 0 aromatic heterocycles. The molecule has 1 aromatic rings. The predicted octanol–water partition coefficient (Wildman–Crippen LogP) is 2.95. The number of nitrogens with zero attached hydrogens (tertiary/aromatic N) is 1. The van der Waals surface area contributed by atoms with E-state index in [1.54, 1.807) is 7.11 Å². The molecule has 1 aliphatic heterocycles. The molecule has 0 amide bonds. The number of piperidine rings is 1. The second-order valence-electron chi connectivity index (χ2n) is 6.09. The molecule has 112 valence electrons. The minimum absolute atomic E-state index is 0.463. The normalized spacial score (nSPS) is 24.2. The molecule has 3 nitrogen and oxygen atoms in total. The second kappa shape index (κ2) is 7.21. The highest BCUT2D eigenvalue weighted by atomic mass is 16.5. The minimum atomic E-state index is 0.463. The van der Waals surface area contributed by atoms with Crippen LogP contribution in [-0.2, 0) is 11.3 Å². The second-order valence-corrected chi connectivity index (χ2v) is 6.09. The molecule has 1 heterocycles. The lowest BCUT2D eigenvalue weighted by Crippen LogP contribution is -2.44. The fourth-order valence-corrected chi connectivity index (χ4v) is 3.37. The van der Waals surface area contributed by atoms with Gasteiger partial charge in [0.25, 0.3) is 0 Å². The third-order valence-electron chi connectivity index (χ3n) is 4.39. The minimum Gasteiger partial charge on any atom is -0.380 e. The maximum absolute atomic E-state index is 6.02. The molecule has 3 heteroatoms. The summed E-state index contributed by atoms with van der Waals surface area (Å²) in [7, 11) is 1.74. The molecule has 0 radical (unpaired) electrons. The number of hydrogen-bond acceptors (Lipinski definition) is 3.